The Labute approximate surface area is 167 Å². The SMILES string of the molecule is C[C@H](C(=O)NCc1ccc(Br)cc1)c1cccc(C(=O)c2ccccc2)c1. The number of benzene rings is 3. The molecule has 3 aromatic carbocycles. The van der Waals surface area contributed by atoms with E-state index in [2.05, 4.69) is 21.2 Å². The van der Waals surface area contributed by atoms with Crippen molar-refractivity contribution in [1.29, 1.82) is 0 Å². The molecule has 136 valence electrons. The van der Waals surface area contributed by atoms with Crippen molar-refractivity contribution in [3.8, 4) is 0 Å². The minimum absolute atomic E-state index is 0.0417. The highest BCUT2D eigenvalue weighted by Gasteiger charge is 2.17. The minimum Gasteiger partial charge on any atom is -0.352 e. The van der Waals surface area contributed by atoms with Gasteiger partial charge in [0.25, 0.3) is 0 Å². The topological polar surface area (TPSA) is 46.2 Å². The molecule has 27 heavy (non-hydrogen) atoms. The first kappa shape index (κ1) is 19.1. The van der Waals surface area contributed by atoms with Crippen LogP contribution in [0.4, 0.5) is 0 Å². The summed E-state index contributed by atoms with van der Waals surface area (Å²) >= 11 is 3.40. The first-order valence-electron chi connectivity index (χ1n) is 8.76. The fourth-order valence-corrected chi connectivity index (χ4v) is 3.07. The number of halogens is 1. The van der Waals surface area contributed by atoms with E-state index in [0.717, 1.165) is 15.6 Å². The van der Waals surface area contributed by atoms with E-state index in [4.69, 9.17) is 0 Å². The van der Waals surface area contributed by atoms with Crippen LogP contribution in [0.25, 0.3) is 0 Å². The summed E-state index contributed by atoms with van der Waals surface area (Å²) < 4.78 is 1.01. The molecule has 0 aliphatic rings. The Bertz CT molecular complexity index is 936. The van der Waals surface area contributed by atoms with Crippen molar-refractivity contribution >= 4 is 27.6 Å². The molecule has 1 N–H and O–H groups in total. The van der Waals surface area contributed by atoms with Gasteiger partial charge in [0.15, 0.2) is 5.78 Å². The van der Waals surface area contributed by atoms with Crippen molar-refractivity contribution in [2.75, 3.05) is 0 Å². The molecule has 3 aromatic rings. The Hall–Kier alpha value is -2.72. The smallest absolute Gasteiger partial charge is 0.227 e. The third-order valence-electron chi connectivity index (χ3n) is 4.46. The van der Waals surface area contributed by atoms with Gasteiger partial charge in [0.2, 0.25) is 5.91 Å². The maximum atomic E-state index is 12.6. The van der Waals surface area contributed by atoms with Gasteiger partial charge in [-0.3, -0.25) is 9.59 Å². The molecule has 4 heteroatoms. The molecule has 0 aromatic heterocycles. The number of carbonyl (C=O) groups is 2. The fraction of sp³-hybridized carbons (Fsp3) is 0.130. The lowest BCUT2D eigenvalue weighted by Gasteiger charge is -2.14. The maximum absolute atomic E-state index is 12.6. The summed E-state index contributed by atoms with van der Waals surface area (Å²) in [6.07, 6.45) is 0. The van der Waals surface area contributed by atoms with Gasteiger partial charge < -0.3 is 5.32 Å². The maximum Gasteiger partial charge on any atom is 0.227 e. The summed E-state index contributed by atoms with van der Waals surface area (Å²) in [6.45, 7) is 2.32. The van der Waals surface area contributed by atoms with Crippen LogP contribution in [-0.4, -0.2) is 11.7 Å². The van der Waals surface area contributed by atoms with E-state index in [1.165, 1.54) is 0 Å². The summed E-state index contributed by atoms with van der Waals surface area (Å²) in [6, 6.07) is 24.3. The summed E-state index contributed by atoms with van der Waals surface area (Å²) in [5, 5.41) is 2.96. The van der Waals surface area contributed by atoms with Gasteiger partial charge in [0.05, 0.1) is 5.92 Å². The van der Waals surface area contributed by atoms with Crippen LogP contribution in [0.5, 0.6) is 0 Å². The van der Waals surface area contributed by atoms with Crippen LogP contribution in [0.2, 0.25) is 0 Å². The van der Waals surface area contributed by atoms with Gasteiger partial charge in [-0.05, 0) is 36.2 Å². The molecule has 1 amide bonds. The van der Waals surface area contributed by atoms with Crippen LogP contribution in [0.15, 0.2) is 83.3 Å². The lowest BCUT2D eigenvalue weighted by Crippen LogP contribution is -2.27. The van der Waals surface area contributed by atoms with Crippen LogP contribution >= 0.6 is 15.9 Å². The van der Waals surface area contributed by atoms with E-state index in [1.54, 1.807) is 24.3 Å². The van der Waals surface area contributed by atoms with Crippen LogP contribution in [0, 0.1) is 0 Å². The van der Waals surface area contributed by atoms with Gasteiger partial charge in [-0.1, -0.05) is 76.6 Å². The van der Waals surface area contributed by atoms with Crippen molar-refractivity contribution in [2.45, 2.75) is 19.4 Å². The second-order valence-corrected chi connectivity index (χ2v) is 7.30. The van der Waals surface area contributed by atoms with Crippen molar-refractivity contribution in [3.05, 3.63) is 106 Å². The van der Waals surface area contributed by atoms with E-state index in [1.807, 2.05) is 61.5 Å². The van der Waals surface area contributed by atoms with Gasteiger partial charge in [-0.2, -0.15) is 0 Å². The van der Waals surface area contributed by atoms with E-state index < -0.39 is 0 Å². The molecule has 0 spiro atoms. The van der Waals surface area contributed by atoms with E-state index >= 15 is 0 Å². The molecule has 0 saturated heterocycles. The van der Waals surface area contributed by atoms with Crippen molar-refractivity contribution in [1.82, 2.24) is 5.32 Å². The van der Waals surface area contributed by atoms with Gasteiger partial charge in [0.1, 0.15) is 0 Å². The summed E-state index contributed by atoms with van der Waals surface area (Å²) in [5.74, 6) is -0.453. The first-order valence-corrected chi connectivity index (χ1v) is 9.56. The number of carbonyl (C=O) groups excluding carboxylic acids is 2. The summed E-state index contributed by atoms with van der Waals surface area (Å²) in [7, 11) is 0. The molecule has 3 nitrogen and oxygen atoms in total. The number of hydrogen-bond donors (Lipinski definition) is 1. The molecule has 3 rings (SSSR count). The van der Waals surface area contributed by atoms with E-state index in [0.29, 0.717) is 17.7 Å². The number of ketones is 1. The lowest BCUT2D eigenvalue weighted by molar-refractivity contribution is -0.122. The number of nitrogens with one attached hydrogen (secondary N) is 1. The van der Waals surface area contributed by atoms with Crippen LogP contribution < -0.4 is 5.32 Å². The summed E-state index contributed by atoms with van der Waals surface area (Å²) in [4.78, 5) is 25.2. The number of amides is 1. The summed E-state index contributed by atoms with van der Waals surface area (Å²) in [5.41, 5.74) is 3.09. The van der Waals surface area contributed by atoms with Crippen LogP contribution in [0.3, 0.4) is 0 Å². The van der Waals surface area contributed by atoms with E-state index in [9.17, 15) is 9.59 Å². The highest BCUT2D eigenvalue weighted by Crippen LogP contribution is 2.19. The third kappa shape index (κ3) is 4.92. The Morgan fingerprint density at radius 3 is 2.26 bits per heavy atom. The number of hydrogen-bond acceptors (Lipinski definition) is 2. The lowest BCUT2D eigenvalue weighted by atomic mass is 9.95. The molecule has 0 aliphatic carbocycles. The third-order valence-corrected chi connectivity index (χ3v) is 4.99. The Morgan fingerprint density at radius 2 is 1.56 bits per heavy atom. The standard InChI is InChI=1S/C23H20BrNO2/c1-16(23(27)25-15-17-10-12-21(24)13-11-17)19-8-5-9-20(14-19)22(26)18-6-3-2-4-7-18/h2-14,16H,15H2,1H3,(H,25,27)/t16-/m0/s1. The molecule has 0 fully saturated rings. The zero-order chi connectivity index (χ0) is 19.2. The van der Waals surface area contributed by atoms with Crippen molar-refractivity contribution in [2.24, 2.45) is 0 Å². The van der Waals surface area contributed by atoms with Gasteiger partial charge >= 0.3 is 0 Å². The number of rotatable bonds is 6. The average Bonchev–Trinajstić information content (AvgIpc) is 2.72. The minimum atomic E-state index is -0.344. The molecular formula is C23H20BrNO2. The zero-order valence-corrected chi connectivity index (χ0v) is 16.6. The predicted octanol–water partition coefficient (Wildman–Crippen LogP) is 5.10. The van der Waals surface area contributed by atoms with Crippen LogP contribution in [-0.2, 0) is 11.3 Å². The monoisotopic (exact) mass is 421 g/mol. The second kappa shape index (κ2) is 8.78. The zero-order valence-electron chi connectivity index (χ0n) is 15.0. The highest BCUT2D eigenvalue weighted by molar-refractivity contribution is 9.10. The van der Waals surface area contributed by atoms with Gasteiger partial charge in [-0.15, -0.1) is 0 Å². The quantitative estimate of drug-likeness (QED) is 0.562. The van der Waals surface area contributed by atoms with Gasteiger partial charge in [0, 0.05) is 22.1 Å². The highest BCUT2D eigenvalue weighted by atomic mass is 79.9. The predicted molar refractivity (Wildman–Crippen MR) is 111 cm³/mol. The van der Waals surface area contributed by atoms with Gasteiger partial charge in [-0.25, -0.2) is 0 Å². The molecular weight excluding hydrogens is 402 g/mol. The largest absolute Gasteiger partial charge is 0.352 e. The molecule has 0 heterocycles. The van der Waals surface area contributed by atoms with Crippen molar-refractivity contribution < 1.29 is 9.59 Å². The molecule has 0 aliphatic heterocycles. The van der Waals surface area contributed by atoms with Crippen molar-refractivity contribution in [3.63, 3.8) is 0 Å². The normalized spacial score (nSPS) is 11.6. The average molecular weight is 422 g/mol. The Kier molecular flexibility index (Phi) is 6.20. The first-order chi connectivity index (χ1) is 13.0. The second-order valence-electron chi connectivity index (χ2n) is 6.39. The molecule has 0 saturated carbocycles. The Balaban J connectivity index is 1.69. The molecule has 0 radical (unpaired) electrons. The molecule has 0 bridgehead atoms. The molecule has 0 unspecified atom stereocenters. The van der Waals surface area contributed by atoms with Crippen LogP contribution in [0.1, 0.15) is 39.9 Å². The fourth-order valence-electron chi connectivity index (χ4n) is 2.80. The van der Waals surface area contributed by atoms with E-state index in [-0.39, 0.29) is 17.6 Å². The molecule has 1 atom stereocenters. The Morgan fingerprint density at radius 1 is 0.889 bits per heavy atom.